The number of nitrogens with one attached hydrogen (secondary N) is 1. The second-order valence-electron chi connectivity index (χ2n) is 4.58. The first-order chi connectivity index (χ1) is 8.79. The Morgan fingerprint density at radius 2 is 2.17 bits per heavy atom. The van der Waals surface area contributed by atoms with Crippen molar-refractivity contribution in [2.45, 2.75) is 13.3 Å². The van der Waals surface area contributed by atoms with Crippen LogP contribution in [0.1, 0.15) is 13.3 Å². The van der Waals surface area contributed by atoms with Gasteiger partial charge in [-0.25, -0.2) is 0 Å². The first-order valence-corrected chi connectivity index (χ1v) is 6.38. The summed E-state index contributed by atoms with van der Waals surface area (Å²) in [6, 6.07) is 10.2. The van der Waals surface area contributed by atoms with Gasteiger partial charge in [-0.2, -0.15) is 0 Å². The van der Waals surface area contributed by atoms with Crippen LogP contribution >= 0.6 is 0 Å². The van der Waals surface area contributed by atoms with Crippen LogP contribution in [0.4, 0.5) is 5.69 Å². The molecule has 18 heavy (non-hydrogen) atoms. The third-order valence-corrected chi connectivity index (χ3v) is 2.96. The highest BCUT2D eigenvalue weighted by atomic mass is 15.5. The highest BCUT2D eigenvalue weighted by Gasteiger charge is 2.09. The van der Waals surface area contributed by atoms with E-state index in [1.807, 2.05) is 24.3 Å². The minimum absolute atomic E-state index is 0.635. The molecule has 0 amide bonds. The lowest BCUT2D eigenvalue weighted by molar-refractivity contribution is 0.462. The lowest BCUT2D eigenvalue weighted by Gasteiger charge is -2.28. The van der Waals surface area contributed by atoms with Crippen LogP contribution in [-0.2, 0) is 0 Å². The van der Waals surface area contributed by atoms with Crippen LogP contribution in [0.2, 0.25) is 0 Å². The Balaban J connectivity index is 2.09. The minimum Gasteiger partial charge on any atom is -0.298 e. The Labute approximate surface area is 109 Å². The van der Waals surface area contributed by atoms with Gasteiger partial charge in [0.2, 0.25) is 0 Å². The van der Waals surface area contributed by atoms with Crippen molar-refractivity contribution in [2.75, 3.05) is 12.0 Å². The van der Waals surface area contributed by atoms with E-state index in [-0.39, 0.29) is 0 Å². The third kappa shape index (κ3) is 3.27. The van der Waals surface area contributed by atoms with E-state index >= 15 is 0 Å². The topological polar surface area (TPSA) is 15.3 Å². The number of hydrogen-bond donors (Lipinski definition) is 1. The van der Waals surface area contributed by atoms with Crippen LogP contribution in [0.15, 0.2) is 66.9 Å². The van der Waals surface area contributed by atoms with Crippen molar-refractivity contribution in [1.82, 2.24) is 5.01 Å². The van der Waals surface area contributed by atoms with Gasteiger partial charge in [0, 0.05) is 0 Å². The lowest BCUT2D eigenvalue weighted by Crippen LogP contribution is -2.29. The smallest absolute Gasteiger partial charge is 0.0572 e. The SMILES string of the molecule is C=CCN(Nc1ccccc1)C1=CCC(C)C=C1. The van der Waals surface area contributed by atoms with Crippen molar-refractivity contribution in [1.29, 1.82) is 0 Å². The molecule has 0 saturated heterocycles. The number of anilines is 1. The molecule has 2 nitrogen and oxygen atoms in total. The second kappa shape index (κ2) is 6.10. The van der Waals surface area contributed by atoms with Gasteiger partial charge >= 0.3 is 0 Å². The summed E-state index contributed by atoms with van der Waals surface area (Å²) in [7, 11) is 0. The Morgan fingerprint density at radius 3 is 2.78 bits per heavy atom. The zero-order chi connectivity index (χ0) is 12.8. The van der Waals surface area contributed by atoms with Gasteiger partial charge in [0.25, 0.3) is 0 Å². The van der Waals surface area contributed by atoms with Gasteiger partial charge in [-0.05, 0) is 30.5 Å². The molecule has 2 rings (SSSR count). The average Bonchev–Trinajstić information content (AvgIpc) is 2.40. The molecule has 1 aromatic rings. The normalized spacial score (nSPS) is 18.1. The standard InChI is InChI=1S/C16H20N2/c1-3-13-18(16-11-9-14(2)10-12-16)17-15-7-5-4-6-8-15/h3-9,11-12,14,17H,1,10,13H2,2H3. The summed E-state index contributed by atoms with van der Waals surface area (Å²) in [6.45, 7) is 6.82. The third-order valence-electron chi connectivity index (χ3n) is 2.96. The molecule has 0 bridgehead atoms. The Bertz CT molecular complexity index is 445. The Kier molecular flexibility index (Phi) is 4.24. The minimum atomic E-state index is 0.635. The molecule has 1 atom stereocenters. The van der Waals surface area contributed by atoms with Crippen LogP contribution in [0.3, 0.4) is 0 Å². The Morgan fingerprint density at radius 1 is 1.39 bits per heavy atom. The molecular weight excluding hydrogens is 220 g/mol. The number of allylic oxidation sites excluding steroid dienone is 3. The molecule has 94 valence electrons. The van der Waals surface area contributed by atoms with Crippen LogP contribution in [0.5, 0.6) is 0 Å². The van der Waals surface area contributed by atoms with E-state index < -0.39 is 0 Å². The van der Waals surface area contributed by atoms with Crippen molar-refractivity contribution >= 4 is 5.69 Å². The van der Waals surface area contributed by atoms with Gasteiger partial charge in [0.05, 0.1) is 17.9 Å². The molecule has 0 spiro atoms. The maximum absolute atomic E-state index is 3.82. The molecule has 0 heterocycles. The zero-order valence-electron chi connectivity index (χ0n) is 10.8. The first-order valence-electron chi connectivity index (χ1n) is 6.38. The van der Waals surface area contributed by atoms with Crippen LogP contribution in [-0.4, -0.2) is 11.6 Å². The van der Waals surface area contributed by atoms with Crippen molar-refractivity contribution in [3.05, 3.63) is 66.9 Å². The van der Waals surface area contributed by atoms with Gasteiger partial charge < -0.3 is 0 Å². The summed E-state index contributed by atoms with van der Waals surface area (Å²) >= 11 is 0. The quantitative estimate of drug-likeness (QED) is 0.618. The van der Waals surface area contributed by atoms with E-state index in [1.165, 1.54) is 5.70 Å². The summed E-state index contributed by atoms with van der Waals surface area (Å²) < 4.78 is 0. The van der Waals surface area contributed by atoms with E-state index in [1.54, 1.807) is 0 Å². The van der Waals surface area contributed by atoms with E-state index in [0.717, 1.165) is 18.7 Å². The summed E-state index contributed by atoms with van der Waals surface area (Å²) in [4.78, 5) is 0. The number of hydrogen-bond acceptors (Lipinski definition) is 2. The zero-order valence-corrected chi connectivity index (χ0v) is 10.8. The maximum Gasteiger partial charge on any atom is 0.0572 e. The van der Waals surface area contributed by atoms with Crippen molar-refractivity contribution < 1.29 is 0 Å². The van der Waals surface area contributed by atoms with Crippen molar-refractivity contribution in [3.8, 4) is 0 Å². The molecule has 0 fully saturated rings. The molecule has 1 N–H and O–H groups in total. The predicted molar refractivity (Wildman–Crippen MR) is 78.0 cm³/mol. The van der Waals surface area contributed by atoms with Gasteiger partial charge in [-0.1, -0.05) is 43.4 Å². The number of hydrazine groups is 1. The first kappa shape index (κ1) is 12.5. The van der Waals surface area contributed by atoms with Gasteiger partial charge in [0.1, 0.15) is 0 Å². The molecule has 0 aliphatic heterocycles. The second-order valence-corrected chi connectivity index (χ2v) is 4.58. The van der Waals surface area contributed by atoms with Gasteiger partial charge in [-0.15, -0.1) is 6.58 Å². The molecule has 0 aromatic heterocycles. The highest BCUT2D eigenvalue weighted by Crippen LogP contribution is 2.19. The maximum atomic E-state index is 3.82. The van der Waals surface area contributed by atoms with Crippen LogP contribution in [0, 0.1) is 5.92 Å². The van der Waals surface area contributed by atoms with Crippen molar-refractivity contribution in [2.24, 2.45) is 5.92 Å². The van der Waals surface area contributed by atoms with Gasteiger partial charge in [0.15, 0.2) is 0 Å². The average molecular weight is 240 g/mol. The molecule has 1 aliphatic carbocycles. The van der Waals surface area contributed by atoms with Crippen LogP contribution < -0.4 is 5.43 Å². The summed E-state index contributed by atoms with van der Waals surface area (Å²) in [6.07, 6.45) is 9.69. The predicted octanol–water partition coefficient (Wildman–Crippen LogP) is 3.98. The molecular formula is C16H20N2. The highest BCUT2D eigenvalue weighted by molar-refractivity contribution is 5.43. The number of benzene rings is 1. The molecule has 2 heteroatoms. The molecule has 1 aliphatic rings. The number of para-hydroxylation sites is 1. The molecule has 0 saturated carbocycles. The lowest BCUT2D eigenvalue weighted by atomic mass is 10.0. The molecule has 0 radical (unpaired) electrons. The number of nitrogens with zero attached hydrogens (tertiary/aromatic N) is 1. The fourth-order valence-electron chi connectivity index (χ4n) is 1.93. The fourth-order valence-corrected chi connectivity index (χ4v) is 1.93. The van der Waals surface area contributed by atoms with E-state index in [4.69, 9.17) is 0 Å². The monoisotopic (exact) mass is 240 g/mol. The molecule has 1 unspecified atom stereocenters. The summed E-state index contributed by atoms with van der Waals surface area (Å²) in [5, 5.41) is 2.12. The van der Waals surface area contributed by atoms with E-state index in [0.29, 0.717) is 5.92 Å². The van der Waals surface area contributed by atoms with Gasteiger partial charge in [-0.3, -0.25) is 10.4 Å². The molecule has 1 aromatic carbocycles. The van der Waals surface area contributed by atoms with Crippen molar-refractivity contribution in [3.63, 3.8) is 0 Å². The largest absolute Gasteiger partial charge is 0.298 e. The van der Waals surface area contributed by atoms with Crippen LogP contribution in [0.25, 0.3) is 0 Å². The number of rotatable bonds is 5. The van der Waals surface area contributed by atoms with E-state index in [2.05, 4.69) is 54.3 Å². The van der Waals surface area contributed by atoms with E-state index in [9.17, 15) is 0 Å². The Hall–Kier alpha value is -1.96. The summed E-state index contributed by atoms with van der Waals surface area (Å²) in [5.41, 5.74) is 5.70. The fraction of sp³-hybridized carbons (Fsp3) is 0.250. The summed E-state index contributed by atoms with van der Waals surface area (Å²) in [5.74, 6) is 0.635.